The maximum absolute atomic E-state index is 13.6. The second kappa shape index (κ2) is 11.7. The van der Waals surface area contributed by atoms with Crippen LogP contribution in [0.25, 0.3) is 0 Å². The van der Waals surface area contributed by atoms with Crippen LogP contribution in [-0.2, 0) is 14.3 Å². The molecule has 7 nitrogen and oxygen atoms in total. The number of aromatic nitrogens is 1. The lowest BCUT2D eigenvalue weighted by Crippen LogP contribution is -2.62. The summed E-state index contributed by atoms with van der Waals surface area (Å²) in [6.07, 6.45) is 7.14. The van der Waals surface area contributed by atoms with E-state index in [1.807, 2.05) is 12.1 Å². The highest BCUT2D eigenvalue weighted by Crippen LogP contribution is 2.57. The van der Waals surface area contributed by atoms with E-state index < -0.39 is 12.2 Å². The van der Waals surface area contributed by atoms with Crippen molar-refractivity contribution in [2.45, 2.75) is 88.0 Å². The molecular weight excluding hydrogens is 512 g/mol. The Morgan fingerprint density at radius 1 is 1.24 bits per heavy atom. The summed E-state index contributed by atoms with van der Waals surface area (Å²) in [5, 5.41) is 4.02. The molecule has 4 aliphatic carbocycles. The van der Waals surface area contributed by atoms with Crippen LogP contribution in [0.4, 0.5) is 14.6 Å². The van der Waals surface area contributed by atoms with Crippen molar-refractivity contribution >= 4 is 29.5 Å². The molecule has 0 spiro atoms. The molecule has 1 aromatic heterocycles. The Labute approximate surface area is 227 Å². The van der Waals surface area contributed by atoms with Gasteiger partial charge in [0.25, 0.3) is 5.91 Å². The van der Waals surface area contributed by atoms with Gasteiger partial charge in [-0.15, -0.1) is 11.8 Å². The lowest BCUT2D eigenvalue weighted by molar-refractivity contribution is -0.260. The molecule has 0 radical (unpaired) electrons. The van der Waals surface area contributed by atoms with Crippen molar-refractivity contribution in [3.8, 4) is 0 Å². The lowest BCUT2D eigenvalue weighted by atomic mass is 9.52. The summed E-state index contributed by atoms with van der Waals surface area (Å²) in [5.74, 6) is 2.33. The van der Waals surface area contributed by atoms with Crippen molar-refractivity contribution in [1.29, 1.82) is 0 Å². The van der Waals surface area contributed by atoms with Crippen LogP contribution < -0.4 is 10.2 Å². The Morgan fingerprint density at radius 3 is 2.68 bits per heavy atom. The van der Waals surface area contributed by atoms with Gasteiger partial charge in [-0.3, -0.25) is 9.59 Å². The molecule has 1 saturated heterocycles. The average molecular weight is 552 g/mol. The Balaban J connectivity index is 1.30. The summed E-state index contributed by atoms with van der Waals surface area (Å²) in [7, 11) is 1.42. The number of esters is 1. The molecule has 4 saturated carbocycles. The third kappa shape index (κ3) is 5.96. The van der Waals surface area contributed by atoms with Gasteiger partial charge in [0.05, 0.1) is 18.3 Å². The van der Waals surface area contributed by atoms with Crippen LogP contribution in [0.15, 0.2) is 17.2 Å². The summed E-state index contributed by atoms with van der Waals surface area (Å²) in [4.78, 5) is 32.5. The average Bonchev–Trinajstić information content (AvgIpc) is 2.88. The Bertz CT molecular complexity index is 1010. The zero-order valence-corrected chi connectivity index (χ0v) is 23.1. The molecule has 2 heterocycles. The van der Waals surface area contributed by atoms with Crippen molar-refractivity contribution in [3.05, 3.63) is 17.7 Å². The van der Waals surface area contributed by atoms with Gasteiger partial charge in [-0.1, -0.05) is 6.92 Å². The van der Waals surface area contributed by atoms with E-state index in [-0.39, 0.29) is 35.7 Å². The van der Waals surface area contributed by atoms with E-state index in [4.69, 9.17) is 14.5 Å². The highest BCUT2D eigenvalue weighted by Gasteiger charge is 2.57. The van der Waals surface area contributed by atoms with Crippen molar-refractivity contribution in [1.82, 2.24) is 10.3 Å². The fraction of sp³-hybridized carbons (Fsp3) is 0.750. The highest BCUT2D eigenvalue weighted by atomic mass is 32.2. The predicted molar refractivity (Wildman–Crippen MR) is 141 cm³/mol. The number of rotatable bonds is 10. The van der Waals surface area contributed by atoms with E-state index in [0.717, 1.165) is 61.8 Å². The predicted octanol–water partition coefficient (Wildman–Crippen LogP) is 5.28. The molecule has 5 aliphatic rings. The third-order valence-electron chi connectivity index (χ3n) is 8.91. The van der Waals surface area contributed by atoms with Crippen molar-refractivity contribution < 1.29 is 27.8 Å². The topological polar surface area (TPSA) is 80.8 Å². The van der Waals surface area contributed by atoms with Crippen molar-refractivity contribution in [3.63, 3.8) is 0 Å². The molecule has 6 rings (SSSR count). The molecule has 10 heteroatoms. The Kier molecular flexibility index (Phi) is 8.48. The van der Waals surface area contributed by atoms with Crippen LogP contribution in [0.5, 0.6) is 0 Å². The quantitative estimate of drug-likeness (QED) is 0.313. The minimum atomic E-state index is -2.75. The van der Waals surface area contributed by atoms with E-state index in [2.05, 4.69) is 17.1 Å². The van der Waals surface area contributed by atoms with Gasteiger partial charge >= 0.3 is 12.6 Å². The summed E-state index contributed by atoms with van der Waals surface area (Å²) in [6, 6.07) is 3.77. The fourth-order valence-electron chi connectivity index (χ4n) is 7.59. The second-order valence-corrected chi connectivity index (χ2v) is 12.7. The number of pyridine rings is 1. The number of carbonyl (C=O) groups excluding carboxylic acids is 2. The SMILES string of the molecule is CCCSc1nc(N2CCC[C@@H](CC(=O)OC)C2)ccc1C(=O)NC1[C@H]2CC3C[C@H]1CC(OC(F)F)(C3)C2. The first-order valence-corrected chi connectivity index (χ1v) is 15.0. The van der Waals surface area contributed by atoms with Gasteiger partial charge in [-0.05, 0) is 92.9 Å². The van der Waals surface area contributed by atoms with Gasteiger partial charge in [0.15, 0.2) is 0 Å². The maximum Gasteiger partial charge on any atom is 0.345 e. The van der Waals surface area contributed by atoms with Crippen LogP contribution in [0.2, 0.25) is 0 Å². The molecule has 0 aromatic carbocycles. The molecule has 0 unspecified atom stereocenters. The van der Waals surface area contributed by atoms with E-state index in [9.17, 15) is 18.4 Å². The summed E-state index contributed by atoms with van der Waals surface area (Å²) in [6.45, 7) is 0.950. The molecule has 5 fully saturated rings. The van der Waals surface area contributed by atoms with Crippen molar-refractivity contribution in [2.75, 3.05) is 30.9 Å². The number of hydrogen-bond donors (Lipinski definition) is 1. The Morgan fingerprint density at radius 2 is 2.00 bits per heavy atom. The maximum atomic E-state index is 13.6. The lowest BCUT2D eigenvalue weighted by Gasteiger charge is -2.59. The first-order chi connectivity index (χ1) is 18.3. The molecule has 1 aromatic rings. The first kappa shape index (κ1) is 27.6. The number of nitrogens with one attached hydrogen (secondary N) is 1. The van der Waals surface area contributed by atoms with Crippen LogP contribution >= 0.6 is 11.8 Å². The fourth-order valence-corrected chi connectivity index (χ4v) is 8.47. The zero-order chi connectivity index (χ0) is 26.9. The number of amides is 1. The van der Waals surface area contributed by atoms with E-state index in [1.54, 1.807) is 11.8 Å². The van der Waals surface area contributed by atoms with Gasteiger partial charge in [0, 0.05) is 25.6 Å². The smallest absolute Gasteiger partial charge is 0.345 e. The largest absolute Gasteiger partial charge is 0.469 e. The monoisotopic (exact) mass is 551 g/mol. The summed E-state index contributed by atoms with van der Waals surface area (Å²) < 4.78 is 36.3. The standard InChI is InChI=1S/C28H39F2N3O4S/c1-3-9-38-26-21(6-7-22(31-26)33-8-4-5-17(16-33)12-23(34)36-2)25(35)32-24-19-10-18-11-20(24)15-28(13-18,14-19)37-27(29)30/h6-7,17-20,24,27H,3-5,8-16H2,1-2H3,(H,32,35)/t17-,18?,19-,20-,24?,28?/m0/s1. The number of piperidine rings is 1. The van der Waals surface area contributed by atoms with E-state index >= 15 is 0 Å². The number of carbonyl (C=O) groups is 2. The second-order valence-electron chi connectivity index (χ2n) is 11.6. The normalized spacial score (nSPS) is 32.0. The van der Waals surface area contributed by atoms with Gasteiger partial charge < -0.3 is 19.7 Å². The van der Waals surface area contributed by atoms with Crippen LogP contribution in [0.3, 0.4) is 0 Å². The summed E-state index contributed by atoms with van der Waals surface area (Å²) in [5.41, 5.74) is -0.153. The third-order valence-corrected chi connectivity index (χ3v) is 10.1. The molecule has 1 N–H and O–H groups in total. The molecule has 1 aliphatic heterocycles. The van der Waals surface area contributed by atoms with Gasteiger partial charge in [0.2, 0.25) is 0 Å². The van der Waals surface area contributed by atoms with Gasteiger partial charge in [-0.25, -0.2) is 4.98 Å². The molecule has 3 atom stereocenters. The van der Waals surface area contributed by atoms with Crippen LogP contribution in [0, 0.1) is 23.7 Å². The number of anilines is 1. The van der Waals surface area contributed by atoms with E-state index in [0.29, 0.717) is 37.2 Å². The highest BCUT2D eigenvalue weighted by molar-refractivity contribution is 7.99. The number of nitrogens with zero attached hydrogens (tertiary/aromatic N) is 2. The Hall–Kier alpha value is -1.94. The summed E-state index contributed by atoms with van der Waals surface area (Å²) >= 11 is 1.59. The minimum Gasteiger partial charge on any atom is -0.469 e. The molecule has 1 amide bonds. The molecule has 38 heavy (non-hydrogen) atoms. The van der Waals surface area contributed by atoms with Crippen LogP contribution in [0.1, 0.15) is 75.1 Å². The number of methoxy groups -OCH3 is 1. The van der Waals surface area contributed by atoms with Gasteiger partial charge in [0.1, 0.15) is 10.8 Å². The number of ether oxygens (including phenoxy) is 2. The van der Waals surface area contributed by atoms with E-state index in [1.165, 1.54) is 7.11 Å². The minimum absolute atomic E-state index is 0.0154. The van der Waals surface area contributed by atoms with Crippen molar-refractivity contribution in [2.24, 2.45) is 23.7 Å². The molecular formula is C28H39F2N3O4S. The number of hydrogen-bond acceptors (Lipinski definition) is 7. The number of halogens is 2. The first-order valence-electron chi connectivity index (χ1n) is 14.0. The number of thioether (sulfide) groups is 1. The zero-order valence-electron chi connectivity index (χ0n) is 22.3. The van der Waals surface area contributed by atoms with Crippen LogP contribution in [-0.4, -0.2) is 61.1 Å². The number of alkyl halides is 2. The van der Waals surface area contributed by atoms with Gasteiger partial charge in [-0.2, -0.15) is 8.78 Å². The molecule has 4 bridgehead atoms. The molecule has 210 valence electrons.